The maximum Gasteiger partial charge on any atom is 0.224 e. The predicted molar refractivity (Wildman–Crippen MR) is 61.0 cm³/mol. The molecule has 0 bridgehead atoms. The first kappa shape index (κ1) is 12.9. The highest BCUT2D eigenvalue weighted by Crippen LogP contribution is 2.22. The zero-order valence-corrected chi connectivity index (χ0v) is 9.59. The van der Waals surface area contributed by atoms with Crippen molar-refractivity contribution in [2.45, 2.75) is 25.9 Å². The normalized spacial score (nSPS) is 12.2. The van der Waals surface area contributed by atoms with E-state index in [1.807, 2.05) is 0 Å². The van der Waals surface area contributed by atoms with Crippen LogP contribution in [0.2, 0.25) is 5.02 Å². The number of amides is 1. The van der Waals surface area contributed by atoms with Crippen LogP contribution in [0.4, 0.5) is 10.1 Å². The van der Waals surface area contributed by atoms with E-state index in [9.17, 15) is 9.18 Å². The van der Waals surface area contributed by atoms with Gasteiger partial charge in [-0.15, -0.1) is 0 Å². The lowest BCUT2D eigenvalue weighted by molar-refractivity contribution is -0.116. The Bertz CT molecular complexity index is 382. The van der Waals surface area contributed by atoms with E-state index in [1.165, 1.54) is 12.1 Å². The molecular formula is C11H13ClFNO2. The SMILES string of the molecule is CC(O)CCC(=O)Nc1cc(F)ccc1Cl. The van der Waals surface area contributed by atoms with Gasteiger partial charge in [0.05, 0.1) is 16.8 Å². The van der Waals surface area contributed by atoms with Crippen molar-refractivity contribution < 1.29 is 14.3 Å². The monoisotopic (exact) mass is 245 g/mol. The van der Waals surface area contributed by atoms with E-state index in [4.69, 9.17) is 16.7 Å². The van der Waals surface area contributed by atoms with Crippen LogP contribution in [0, 0.1) is 5.82 Å². The lowest BCUT2D eigenvalue weighted by atomic mass is 10.2. The summed E-state index contributed by atoms with van der Waals surface area (Å²) in [5.74, 6) is -0.761. The number of anilines is 1. The minimum Gasteiger partial charge on any atom is -0.393 e. The van der Waals surface area contributed by atoms with E-state index in [2.05, 4.69) is 5.32 Å². The van der Waals surface area contributed by atoms with Gasteiger partial charge in [-0.3, -0.25) is 4.79 Å². The predicted octanol–water partition coefficient (Wildman–Crippen LogP) is 2.58. The summed E-state index contributed by atoms with van der Waals surface area (Å²) in [5, 5.41) is 11.8. The number of hydrogen-bond donors (Lipinski definition) is 2. The molecule has 1 unspecified atom stereocenters. The Kier molecular flexibility index (Phi) is 4.71. The van der Waals surface area contributed by atoms with Crippen molar-refractivity contribution in [3.8, 4) is 0 Å². The summed E-state index contributed by atoms with van der Waals surface area (Å²) in [6.45, 7) is 1.60. The summed E-state index contributed by atoms with van der Waals surface area (Å²) >= 11 is 5.77. The average molecular weight is 246 g/mol. The Hall–Kier alpha value is -1.13. The molecular weight excluding hydrogens is 233 g/mol. The first-order chi connectivity index (χ1) is 7.49. The Morgan fingerprint density at radius 1 is 1.62 bits per heavy atom. The van der Waals surface area contributed by atoms with Crippen molar-refractivity contribution >= 4 is 23.2 Å². The third-order valence-electron chi connectivity index (χ3n) is 1.99. The molecule has 0 fully saturated rings. The molecule has 0 aliphatic heterocycles. The molecule has 2 N–H and O–H groups in total. The second-order valence-corrected chi connectivity index (χ2v) is 3.97. The highest BCUT2D eigenvalue weighted by Gasteiger charge is 2.08. The molecule has 0 saturated carbocycles. The third-order valence-corrected chi connectivity index (χ3v) is 2.32. The van der Waals surface area contributed by atoms with Gasteiger partial charge in [0, 0.05) is 6.42 Å². The molecule has 1 aromatic rings. The van der Waals surface area contributed by atoms with Gasteiger partial charge in [-0.25, -0.2) is 4.39 Å². The van der Waals surface area contributed by atoms with E-state index >= 15 is 0 Å². The van der Waals surface area contributed by atoms with Crippen molar-refractivity contribution in [1.29, 1.82) is 0 Å². The minimum atomic E-state index is -0.534. The van der Waals surface area contributed by atoms with Crippen LogP contribution >= 0.6 is 11.6 Å². The topological polar surface area (TPSA) is 49.3 Å². The van der Waals surface area contributed by atoms with Crippen LogP contribution in [-0.4, -0.2) is 17.1 Å². The fourth-order valence-electron chi connectivity index (χ4n) is 1.15. The van der Waals surface area contributed by atoms with Gasteiger partial charge in [0.1, 0.15) is 5.82 Å². The lowest BCUT2D eigenvalue weighted by Crippen LogP contribution is -2.14. The fourth-order valence-corrected chi connectivity index (χ4v) is 1.31. The van der Waals surface area contributed by atoms with Crippen LogP contribution < -0.4 is 5.32 Å². The first-order valence-electron chi connectivity index (χ1n) is 4.92. The summed E-state index contributed by atoms with van der Waals surface area (Å²) in [6.07, 6.45) is -0.00255. The number of nitrogens with one attached hydrogen (secondary N) is 1. The average Bonchev–Trinajstić information content (AvgIpc) is 2.20. The molecule has 1 amide bonds. The van der Waals surface area contributed by atoms with Crippen molar-refractivity contribution in [2.24, 2.45) is 0 Å². The van der Waals surface area contributed by atoms with E-state index in [0.29, 0.717) is 6.42 Å². The molecule has 88 valence electrons. The number of aliphatic hydroxyl groups excluding tert-OH is 1. The van der Waals surface area contributed by atoms with Gasteiger partial charge in [0.15, 0.2) is 0 Å². The highest BCUT2D eigenvalue weighted by atomic mass is 35.5. The van der Waals surface area contributed by atoms with E-state index in [0.717, 1.165) is 6.07 Å². The van der Waals surface area contributed by atoms with Gasteiger partial charge in [-0.1, -0.05) is 11.6 Å². The summed E-state index contributed by atoms with van der Waals surface area (Å²) in [7, 11) is 0. The van der Waals surface area contributed by atoms with Gasteiger partial charge in [0.2, 0.25) is 5.91 Å². The fraction of sp³-hybridized carbons (Fsp3) is 0.364. The quantitative estimate of drug-likeness (QED) is 0.857. The van der Waals surface area contributed by atoms with Crippen molar-refractivity contribution in [3.05, 3.63) is 29.0 Å². The van der Waals surface area contributed by atoms with Crippen LogP contribution in [0.25, 0.3) is 0 Å². The molecule has 3 nitrogen and oxygen atoms in total. The second-order valence-electron chi connectivity index (χ2n) is 3.56. The Morgan fingerprint density at radius 3 is 2.94 bits per heavy atom. The van der Waals surface area contributed by atoms with Crippen molar-refractivity contribution in [3.63, 3.8) is 0 Å². The zero-order chi connectivity index (χ0) is 12.1. The summed E-state index contributed by atoms with van der Waals surface area (Å²) in [6, 6.07) is 3.75. The molecule has 1 aromatic carbocycles. The Labute approximate surface area is 98.2 Å². The van der Waals surface area contributed by atoms with Gasteiger partial charge >= 0.3 is 0 Å². The van der Waals surface area contributed by atoms with Gasteiger partial charge in [-0.2, -0.15) is 0 Å². The summed E-state index contributed by atoms with van der Waals surface area (Å²) < 4.78 is 12.9. The van der Waals surface area contributed by atoms with E-state index < -0.39 is 11.9 Å². The maximum atomic E-state index is 12.9. The molecule has 1 atom stereocenters. The second kappa shape index (κ2) is 5.82. The van der Waals surface area contributed by atoms with Crippen molar-refractivity contribution in [1.82, 2.24) is 0 Å². The number of aliphatic hydroxyl groups is 1. The minimum absolute atomic E-state index is 0.171. The summed E-state index contributed by atoms with van der Waals surface area (Å²) in [5.41, 5.74) is 0.247. The molecule has 0 heterocycles. The zero-order valence-electron chi connectivity index (χ0n) is 8.84. The summed E-state index contributed by atoms with van der Waals surface area (Å²) in [4.78, 5) is 11.4. The van der Waals surface area contributed by atoms with Crippen molar-refractivity contribution in [2.75, 3.05) is 5.32 Å². The standard InChI is InChI=1S/C11H13ClFNO2/c1-7(15)2-5-11(16)14-10-6-8(13)3-4-9(10)12/h3-4,6-7,15H,2,5H2,1H3,(H,14,16). The van der Waals surface area contributed by atoms with Crippen LogP contribution in [0.1, 0.15) is 19.8 Å². The number of benzene rings is 1. The van der Waals surface area contributed by atoms with Gasteiger partial charge in [0.25, 0.3) is 0 Å². The number of hydrogen-bond acceptors (Lipinski definition) is 2. The molecule has 0 spiro atoms. The lowest BCUT2D eigenvalue weighted by Gasteiger charge is -2.08. The molecule has 0 aliphatic carbocycles. The highest BCUT2D eigenvalue weighted by molar-refractivity contribution is 6.33. The maximum absolute atomic E-state index is 12.9. The van der Waals surface area contributed by atoms with Crippen LogP contribution in [0.15, 0.2) is 18.2 Å². The molecule has 16 heavy (non-hydrogen) atoms. The smallest absolute Gasteiger partial charge is 0.224 e. The van der Waals surface area contributed by atoms with Gasteiger partial charge in [-0.05, 0) is 31.5 Å². The molecule has 0 radical (unpaired) electrons. The van der Waals surface area contributed by atoms with E-state index in [-0.39, 0.29) is 23.0 Å². The van der Waals surface area contributed by atoms with Gasteiger partial charge < -0.3 is 10.4 Å². The number of carbonyl (C=O) groups excluding carboxylic acids is 1. The molecule has 0 aliphatic rings. The Balaban J connectivity index is 2.59. The number of rotatable bonds is 4. The molecule has 0 saturated heterocycles. The van der Waals surface area contributed by atoms with Crippen LogP contribution in [0.5, 0.6) is 0 Å². The third kappa shape index (κ3) is 4.16. The molecule has 0 aromatic heterocycles. The number of halogens is 2. The van der Waals surface area contributed by atoms with Crippen LogP contribution in [0.3, 0.4) is 0 Å². The van der Waals surface area contributed by atoms with Crippen LogP contribution in [-0.2, 0) is 4.79 Å². The molecule has 5 heteroatoms. The first-order valence-corrected chi connectivity index (χ1v) is 5.30. The molecule has 1 rings (SSSR count). The van der Waals surface area contributed by atoms with E-state index in [1.54, 1.807) is 6.92 Å². The largest absolute Gasteiger partial charge is 0.393 e. The number of carbonyl (C=O) groups is 1. The Morgan fingerprint density at radius 2 is 2.31 bits per heavy atom.